The van der Waals surface area contributed by atoms with Gasteiger partial charge >= 0.3 is 0 Å². The Hall–Kier alpha value is -3.34. The molecule has 2 aromatic rings. The van der Waals surface area contributed by atoms with Gasteiger partial charge in [0, 0.05) is 36.2 Å². The van der Waals surface area contributed by atoms with E-state index in [1.54, 1.807) is 0 Å². The summed E-state index contributed by atoms with van der Waals surface area (Å²) in [6, 6.07) is 16.6. The van der Waals surface area contributed by atoms with Crippen molar-refractivity contribution in [2.75, 3.05) is 31.6 Å². The van der Waals surface area contributed by atoms with Gasteiger partial charge in [0.25, 0.3) is 0 Å². The van der Waals surface area contributed by atoms with Crippen LogP contribution in [0.4, 0.5) is 5.69 Å². The van der Waals surface area contributed by atoms with Gasteiger partial charge in [-0.1, -0.05) is 70.7 Å². The molecule has 0 aliphatic heterocycles. The zero-order valence-corrected chi connectivity index (χ0v) is 23.1. The van der Waals surface area contributed by atoms with E-state index in [1.807, 2.05) is 32.8 Å². The van der Waals surface area contributed by atoms with E-state index in [9.17, 15) is 0 Å². The number of hydrogen-bond acceptors (Lipinski definition) is 5. The van der Waals surface area contributed by atoms with Crippen molar-refractivity contribution in [1.82, 2.24) is 4.90 Å². The van der Waals surface area contributed by atoms with Crippen LogP contribution in [0.25, 0.3) is 5.70 Å². The minimum Gasteiger partial charge on any atom is -0.493 e. The van der Waals surface area contributed by atoms with Crippen LogP contribution < -0.4 is 9.64 Å². The van der Waals surface area contributed by atoms with Gasteiger partial charge in [0.05, 0.1) is 13.2 Å². The van der Waals surface area contributed by atoms with E-state index in [0.29, 0.717) is 19.1 Å². The maximum absolute atomic E-state index is 8.81. The third kappa shape index (κ3) is 12.6. The summed E-state index contributed by atoms with van der Waals surface area (Å²) in [6.45, 7) is 26.9. The Balaban J connectivity index is 0. The first-order chi connectivity index (χ1) is 16.7. The predicted octanol–water partition coefficient (Wildman–Crippen LogP) is 7.02. The van der Waals surface area contributed by atoms with E-state index >= 15 is 0 Å². The summed E-state index contributed by atoms with van der Waals surface area (Å²) in [4.78, 5) is 21.2. The molecule has 0 amide bonds. The lowest BCUT2D eigenvalue weighted by Crippen LogP contribution is -2.30. The number of nitrogens with zero attached hydrogens (tertiary/aromatic N) is 2. The smallest absolute Gasteiger partial charge is 0.128 e. The van der Waals surface area contributed by atoms with Crippen LogP contribution in [0.1, 0.15) is 52.7 Å². The molecule has 0 aromatic heterocycles. The van der Waals surface area contributed by atoms with Gasteiger partial charge in [0.15, 0.2) is 0 Å². The predicted molar refractivity (Wildman–Crippen MR) is 152 cm³/mol. The Labute approximate surface area is 214 Å². The van der Waals surface area contributed by atoms with Gasteiger partial charge in [-0.05, 0) is 51.0 Å². The molecule has 0 atom stereocenters. The molecular formula is C30H46N2O3. The Morgan fingerprint density at radius 2 is 1.60 bits per heavy atom. The average molecular weight is 483 g/mol. The summed E-state index contributed by atoms with van der Waals surface area (Å²) in [7, 11) is 2.06. The Morgan fingerprint density at radius 1 is 1.06 bits per heavy atom. The third-order valence-electron chi connectivity index (χ3n) is 4.66. The maximum atomic E-state index is 8.81. The van der Waals surface area contributed by atoms with E-state index in [4.69, 9.17) is 14.3 Å². The molecular weight excluding hydrogens is 436 g/mol. The highest BCUT2D eigenvalue weighted by Gasteiger charge is 2.15. The lowest BCUT2D eigenvalue weighted by Gasteiger charge is -2.31. The largest absolute Gasteiger partial charge is 0.493 e. The van der Waals surface area contributed by atoms with Crippen molar-refractivity contribution in [3.8, 4) is 5.75 Å². The van der Waals surface area contributed by atoms with E-state index in [0.717, 1.165) is 41.2 Å². The zero-order chi connectivity index (χ0) is 27.4. The lowest BCUT2D eigenvalue weighted by molar-refractivity contribution is -0.106. The Bertz CT molecular complexity index is 863. The Morgan fingerprint density at radius 3 is 2.09 bits per heavy atom. The fourth-order valence-corrected chi connectivity index (χ4v) is 3.11. The molecule has 0 heterocycles. The molecule has 0 aliphatic rings. The second-order valence-electron chi connectivity index (χ2n) is 7.89. The molecule has 2 aromatic carbocycles. The van der Waals surface area contributed by atoms with Gasteiger partial charge in [0.2, 0.25) is 0 Å². The molecule has 0 aliphatic carbocycles. The highest BCUT2D eigenvalue weighted by Crippen LogP contribution is 2.29. The van der Waals surface area contributed by atoms with Crippen LogP contribution in [-0.4, -0.2) is 44.7 Å². The first-order valence-electron chi connectivity index (χ1n) is 12.1. The third-order valence-corrected chi connectivity index (χ3v) is 4.66. The van der Waals surface area contributed by atoms with Crippen molar-refractivity contribution < 1.29 is 14.3 Å². The van der Waals surface area contributed by atoms with Crippen molar-refractivity contribution in [1.29, 1.82) is 0 Å². The minimum absolute atomic E-state index is 0.476. The fourth-order valence-electron chi connectivity index (χ4n) is 3.11. The van der Waals surface area contributed by atoms with Gasteiger partial charge < -0.3 is 24.1 Å². The summed E-state index contributed by atoms with van der Waals surface area (Å²) < 4.78 is 6.05. The highest BCUT2D eigenvalue weighted by molar-refractivity contribution is 5.68. The summed E-state index contributed by atoms with van der Waals surface area (Å²) >= 11 is 0. The molecule has 0 saturated heterocycles. The lowest BCUT2D eigenvalue weighted by atomic mass is 10.1. The van der Waals surface area contributed by atoms with Crippen molar-refractivity contribution >= 4 is 24.5 Å². The maximum Gasteiger partial charge on any atom is 0.128 e. The Kier molecular flexibility index (Phi) is 19.4. The van der Waals surface area contributed by atoms with E-state index in [1.165, 1.54) is 12.5 Å². The van der Waals surface area contributed by atoms with Gasteiger partial charge in [-0.2, -0.15) is 0 Å². The van der Waals surface area contributed by atoms with Crippen LogP contribution in [0.5, 0.6) is 5.75 Å². The molecule has 5 nitrogen and oxygen atoms in total. The summed E-state index contributed by atoms with van der Waals surface area (Å²) in [5.41, 5.74) is 5.37. The first-order valence-corrected chi connectivity index (χ1v) is 12.1. The van der Waals surface area contributed by atoms with E-state index in [-0.39, 0.29) is 0 Å². The average Bonchev–Trinajstić information content (AvgIpc) is 2.86. The SMILES string of the molecule is C=C(c1cc(C)ccc1OCC(C)C)N(C)CC(=C)N(CC)c1ccccc1.C=O.CC.CC=O. The fraction of sp³-hybridized carbons (Fsp3) is 0.400. The van der Waals surface area contributed by atoms with E-state index in [2.05, 4.69) is 94.1 Å². The van der Waals surface area contributed by atoms with Crippen LogP contribution >= 0.6 is 0 Å². The monoisotopic (exact) mass is 482 g/mol. The van der Waals surface area contributed by atoms with Gasteiger partial charge in [0.1, 0.15) is 18.8 Å². The number of carbonyl (C=O) groups excluding carboxylic acids is 2. The molecule has 0 unspecified atom stereocenters. The van der Waals surface area contributed by atoms with Crippen LogP contribution in [-0.2, 0) is 9.59 Å². The number of rotatable bonds is 10. The number of ether oxygens (including phenoxy) is 1. The number of para-hydroxylation sites is 1. The topological polar surface area (TPSA) is 49.9 Å². The highest BCUT2D eigenvalue weighted by atomic mass is 16.5. The zero-order valence-electron chi connectivity index (χ0n) is 23.1. The molecule has 0 radical (unpaired) electrons. The number of benzene rings is 2. The van der Waals surface area contributed by atoms with Crippen molar-refractivity contribution in [2.45, 2.75) is 48.5 Å². The second-order valence-corrected chi connectivity index (χ2v) is 7.89. The van der Waals surface area contributed by atoms with Crippen molar-refractivity contribution in [3.63, 3.8) is 0 Å². The van der Waals surface area contributed by atoms with Crippen LogP contribution in [0, 0.1) is 12.8 Å². The summed E-state index contributed by atoms with van der Waals surface area (Å²) in [5, 5.41) is 0. The standard InChI is InChI=1S/C25H34N2O.C2H4O.C2H6.CH2O/c1-8-27(23-12-10-9-11-13-23)21(5)17-26(7)22(6)24-16-20(4)14-15-25(24)28-18-19(2)3;1-2-3;2*1-2/h9-16,19H,5-6,8,17-18H2,1-4,7H3;2H,1H3;1-2H3;1H2. The number of aldehydes is 1. The quantitative estimate of drug-likeness (QED) is 0.341. The molecule has 5 heteroatoms. The summed E-state index contributed by atoms with van der Waals surface area (Å²) in [6.07, 6.45) is 0.750. The number of hydrogen-bond donors (Lipinski definition) is 0. The first kappa shape index (κ1) is 33.8. The number of carbonyl (C=O) groups is 2. The minimum atomic E-state index is 0.476. The van der Waals surface area contributed by atoms with Crippen molar-refractivity contribution in [3.05, 3.63) is 78.5 Å². The van der Waals surface area contributed by atoms with Gasteiger partial charge in [-0.15, -0.1) is 0 Å². The number of likely N-dealkylation sites (N-methyl/N-ethyl adjacent to an activating group) is 2. The summed E-state index contributed by atoms with van der Waals surface area (Å²) in [5.74, 6) is 1.36. The van der Waals surface area contributed by atoms with Gasteiger partial charge in [-0.3, -0.25) is 0 Å². The molecule has 0 N–H and O–H groups in total. The number of anilines is 1. The number of aryl methyl sites for hydroxylation is 1. The molecule has 0 bridgehead atoms. The van der Waals surface area contributed by atoms with Crippen LogP contribution in [0.15, 0.2) is 67.4 Å². The molecule has 0 saturated carbocycles. The van der Waals surface area contributed by atoms with Crippen LogP contribution in [0.2, 0.25) is 0 Å². The molecule has 35 heavy (non-hydrogen) atoms. The van der Waals surface area contributed by atoms with Gasteiger partial charge in [-0.25, -0.2) is 0 Å². The second kappa shape index (κ2) is 20.1. The van der Waals surface area contributed by atoms with Crippen LogP contribution in [0.3, 0.4) is 0 Å². The van der Waals surface area contributed by atoms with E-state index < -0.39 is 0 Å². The molecule has 0 fully saturated rings. The van der Waals surface area contributed by atoms with Crippen molar-refractivity contribution in [2.24, 2.45) is 5.92 Å². The normalized spacial score (nSPS) is 9.17. The molecule has 0 spiro atoms. The molecule has 2 rings (SSSR count). The molecule has 194 valence electrons.